The number of carbonyl (C=O) groups is 3. The molecule has 1 aliphatic rings. The Labute approximate surface area is 137 Å². The quantitative estimate of drug-likeness (QED) is 0.273. The first-order valence-electron chi connectivity index (χ1n) is 7.01. The van der Waals surface area contributed by atoms with Crippen molar-refractivity contribution in [3.8, 4) is 0 Å². The Hall–Kier alpha value is -3.25. The first-order chi connectivity index (χ1) is 11.5. The van der Waals surface area contributed by atoms with Crippen molar-refractivity contribution in [2.75, 3.05) is 19.1 Å². The fourth-order valence-electron chi connectivity index (χ4n) is 2.41. The van der Waals surface area contributed by atoms with E-state index >= 15 is 0 Å². The van der Waals surface area contributed by atoms with Crippen molar-refractivity contribution in [3.63, 3.8) is 0 Å². The fraction of sp³-hybridized carbons (Fsp3) is 0.250. The molecular weight excluding hydrogens is 314 g/mol. The monoisotopic (exact) mass is 329 g/mol. The molecule has 0 aliphatic carbocycles. The van der Waals surface area contributed by atoms with Crippen molar-refractivity contribution in [2.45, 2.75) is 12.5 Å². The standard InChI is InChI=1S/C16H15N3O5/c1-23-15(21)14(18-17)13(20)9-11-8-7-10-5-3-4-6-12(10)19(11)16(22)24-2/h3-8,11H,9H2,1-2H3. The maximum absolute atomic E-state index is 12.2. The van der Waals surface area contributed by atoms with E-state index in [-0.39, 0.29) is 6.42 Å². The molecule has 0 bridgehead atoms. The molecule has 1 aromatic carbocycles. The molecule has 0 fully saturated rings. The smallest absolute Gasteiger partial charge is 0.441 e. The van der Waals surface area contributed by atoms with Gasteiger partial charge in [-0.1, -0.05) is 30.4 Å². The Bertz CT molecular complexity index is 765. The van der Waals surface area contributed by atoms with Crippen LogP contribution in [-0.2, 0) is 19.1 Å². The molecule has 2 rings (SSSR count). The van der Waals surface area contributed by atoms with Gasteiger partial charge in [0.25, 0.3) is 5.78 Å². The third kappa shape index (κ3) is 3.23. The number of methoxy groups -OCH3 is 2. The number of rotatable bonds is 4. The van der Waals surface area contributed by atoms with E-state index in [0.29, 0.717) is 5.69 Å². The van der Waals surface area contributed by atoms with E-state index in [2.05, 4.69) is 9.53 Å². The highest BCUT2D eigenvalue weighted by Gasteiger charge is 2.36. The van der Waals surface area contributed by atoms with Crippen molar-refractivity contribution >= 4 is 35.3 Å². The van der Waals surface area contributed by atoms with Gasteiger partial charge in [-0.2, -0.15) is 4.79 Å². The molecule has 1 aliphatic heterocycles. The van der Waals surface area contributed by atoms with Crippen LogP contribution in [0.1, 0.15) is 12.0 Å². The molecule has 24 heavy (non-hydrogen) atoms. The Kier molecular flexibility index (Phi) is 5.23. The van der Waals surface area contributed by atoms with Crippen LogP contribution in [0.4, 0.5) is 10.5 Å². The summed E-state index contributed by atoms with van der Waals surface area (Å²) in [6, 6.07) is 6.41. The second-order valence-corrected chi connectivity index (χ2v) is 4.89. The van der Waals surface area contributed by atoms with Gasteiger partial charge in [-0.3, -0.25) is 9.69 Å². The van der Waals surface area contributed by atoms with Crippen LogP contribution < -0.4 is 4.90 Å². The summed E-state index contributed by atoms with van der Waals surface area (Å²) in [6.07, 6.45) is 2.49. The minimum absolute atomic E-state index is 0.269. The van der Waals surface area contributed by atoms with Crippen LogP contribution in [-0.4, -0.2) is 48.6 Å². The van der Waals surface area contributed by atoms with Crippen LogP contribution in [0.3, 0.4) is 0 Å². The Morgan fingerprint density at radius 1 is 1.21 bits per heavy atom. The topological polar surface area (TPSA) is 109 Å². The third-order valence-corrected chi connectivity index (χ3v) is 3.53. The number of anilines is 1. The SMILES string of the molecule is COC(=O)C(=[N+]=[N-])C(=O)CC1C=Cc2ccccc2N1C(=O)OC. The molecule has 1 atom stereocenters. The number of nitrogens with zero attached hydrogens (tertiary/aromatic N) is 3. The summed E-state index contributed by atoms with van der Waals surface area (Å²) in [5.41, 5.74) is 9.48. The molecule has 0 radical (unpaired) electrons. The molecule has 8 heteroatoms. The summed E-state index contributed by atoms with van der Waals surface area (Å²) < 4.78 is 9.18. The molecule has 8 nitrogen and oxygen atoms in total. The normalized spacial score (nSPS) is 15.1. The van der Waals surface area contributed by atoms with E-state index in [1.807, 2.05) is 12.1 Å². The summed E-state index contributed by atoms with van der Waals surface area (Å²) in [4.78, 5) is 39.8. The van der Waals surface area contributed by atoms with E-state index in [4.69, 9.17) is 10.3 Å². The van der Waals surface area contributed by atoms with E-state index in [1.165, 1.54) is 12.0 Å². The van der Waals surface area contributed by atoms with Crippen LogP contribution in [0.2, 0.25) is 0 Å². The van der Waals surface area contributed by atoms with Crippen molar-refractivity contribution in [3.05, 3.63) is 41.4 Å². The molecule has 1 unspecified atom stereocenters. The number of ether oxygens (including phenoxy) is 2. The van der Waals surface area contributed by atoms with Gasteiger partial charge in [0.15, 0.2) is 0 Å². The van der Waals surface area contributed by atoms with Gasteiger partial charge in [0.05, 0.1) is 25.9 Å². The van der Waals surface area contributed by atoms with Crippen LogP contribution >= 0.6 is 0 Å². The van der Waals surface area contributed by atoms with E-state index < -0.39 is 29.6 Å². The first kappa shape index (κ1) is 17.1. The zero-order chi connectivity index (χ0) is 17.7. The van der Waals surface area contributed by atoms with Gasteiger partial charge in [0.1, 0.15) is 0 Å². The number of esters is 1. The maximum Gasteiger partial charge on any atom is 0.441 e. The van der Waals surface area contributed by atoms with Gasteiger partial charge >= 0.3 is 17.8 Å². The number of hydrogen-bond acceptors (Lipinski definition) is 5. The van der Waals surface area contributed by atoms with E-state index in [9.17, 15) is 14.4 Å². The number of Topliss-reactive ketones (excluding diaryl/α,β-unsaturated/α-hetero) is 1. The molecule has 0 spiro atoms. The minimum Gasteiger partial charge on any atom is -0.460 e. The number of fused-ring (bicyclic) bond motifs is 1. The van der Waals surface area contributed by atoms with Crippen molar-refractivity contribution in [1.82, 2.24) is 0 Å². The highest BCUT2D eigenvalue weighted by Crippen LogP contribution is 2.30. The fourth-order valence-corrected chi connectivity index (χ4v) is 2.41. The highest BCUT2D eigenvalue weighted by atomic mass is 16.5. The first-order valence-corrected chi connectivity index (χ1v) is 7.01. The predicted octanol–water partition coefficient (Wildman–Crippen LogP) is 1.46. The lowest BCUT2D eigenvalue weighted by Gasteiger charge is -2.32. The lowest BCUT2D eigenvalue weighted by atomic mass is 9.98. The van der Waals surface area contributed by atoms with Gasteiger partial charge < -0.3 is 15.0 Å². The lowest BCUT2D eigenvalue weighted by molar-refractivity contribution is -0.139. The molecule has 1 heterocycles. The van der Waals surface area contributed by atoms with Crippen LogP contribution in [0, 0.1) is 0 Å². The molecule has 0 saturated heterocycles. The number of benzene rings is 1. The molecule has 0 saturated carbocycles. The summed E-state index contributed by atoms with van der Waals surface area (Å²) in [7, 11) is 2.30. The predicted molar refractivity (Wildman–Crippen MR) is 84.4 cm³/mol. The molecule has 0 N–H and O–H groups in total. The number of hydrogen-bond donors (Lipinski definition) is 0. The average molecular weight is 329 g/mol. The minimum atomic E-state index is -1.05. The molecule has 0 aromatic heterocycles. The number of para-hydroxylation sites is 1. The van der Waals surface area contributed by atoms with Crippen LogP contribution in [0.15, 0.2) is 30.3 Å². The summed E-state index contributed by atoms with van der Waals surface area (Å²) in [5.74, 6) is -1.81. The molecule has 1 amide bonds. The van der Waals surface area contributed by atoms with Gasteiger partial charge in [0, 0.05) is 6.42 Å². The van der Waals surface area contributed by atoms with E-state index in [0.717, 1.165) is 12.7 Å². The van der Waals surface area contributed by atoms with E-state index in [1.54, 1.807) is 24.3 Å². The third-order valence-electron chi connectivity index (χ3n) is 3.53. The number of amides is 1. The van der Waals surface area contributed by atoms with Crippen molar-refractivity contribution < 1.29 is 28.6 Å². The zero-order valence-electron chi connectivity index (χ0n) is 13.1. The lowest BCUT2D eigenvalue weighted by Crippen LogP contribution is -2.43. The highest BCUT2D eigenvalue weighted by molar-refractivity contribution is 6.62. The largest absolute Gasteiger partial charge is 0.460 e. The summed E-state index contributed by atoms with van der Waals surface area (Å²) >= 11 is 0. The average Bonchev–Trinajstić information content (AvgIpc) is 2.61. The van der Waals surface area contributed by atoms with Crippen LogP contribution in [0.25, 0.3) is 11.6 Å². The maximum atomic E-state index is 12.2. The molecule has 1 aromatic rings. The Morgan fingerprint density at radius 3 is 2.54 bits per heavy atom. The van der Waals surface area contributed by atoms with Crippen LogP contribution in [0.5, 0.6) is 0 Å². The number of carbonyl (C=O) groups excluding carboxylic acids is 3. The Balaban J connectivity index is 2.33. The summed E-state index contributed by atoms with van der Waals surface area (Å²) in [6.45, 7) is 0. The van der Waals surface area contributed by atoms with Gasteiger partial charge in [0.2, 0.25) is 0 Å². The Morgan fingerprint density at radius 2 is 1.92 bits per heavy atom. The molecule has 124 valence electrons. The van der Waals surface area contributed by atoms with Crippen molar-refractivity contribution in [2.24, 2.45) is 0 Å². The van der Waals surface area contributed by atoms with Gasteiger partial charge in [-0.25, -0.2) is 9.59 Å². The van der Waals surface area contributed by atoms with Crippen molar-refractivity contribution in [1.29, 1.82) is 0 Å². The van der Waals surface area contributed by atoms with Gasteiger partial charge in [-0.15, -0.1) is 0 Å². The van der Waals surface area contributed by atoms with Gasteiger partial charge in [-0.05, 0) is 11.6 Å². The zero-order valence-corrected chi connectivity index (χ0v) is 13.1. The molecular formula is C16H15N3O5. The summed E-state index contributed by atoms with van der Waals surface area (Å²) in [5, 5.41) is 0. The second kappa shape index (κ2) is 7.34. The second-order valence-electron chi connectivity index (χ2n) is 4.89. The number of ketones is 1.